The van der Waals surface area contributed by atoms with E-state index in [-0.39, 0.29) is 19.4 Å². The van der Waals surface area contributed by atoms with Crippen LogP contribution >= 0.6 is 0 Å². The molecule has 164 valence electrons. The topological polar surface area (TPSA) is 118 Å². The van der Waals surface area contributed by atoms with Crippen LogP contribution in [-0.4, -0.2) is 28.5 Å². The molecule has 1 aromatic heterocycles. The summed E-state index contributed by atoms with van der Waals surface area (Å²) in [6, 6.07) is 15.8. The second-order valence-corrected chi connectivity index (χ2v) is 8.29. The fourth-order valence-corrected chi connectivity index (χ4v) is 4.13. The third-order valence-corrected chi connectivity index (χ3v) is 5.84. The number of carboxylic acid groups (broad SMARTS) is 2. The molecular formula is C25H23N3O4-2. The predicted molar refractivity (Wildman–Crippen MR) is 116 cm³/mol. The second-order valence-electron chi connectivity index (χ2n) is 8.29. The van der Waals surface area contributed by atoms with Crippen molar-refractivity contribution in [3.8, 4) is 22.5 Å². The van der Waals surface area contributed by atoms with Gasteiger partial charge >= 0.3 is 0 Å². The molecule has 0 saturated heterocycles. The van der Waals surface area contributed by atoms with Crippen molar-refractivity contribution in [2.24, 2.45) is 5.92 Å². The number of benzene rings is 2. The summed E-state index contributed by atoms with van der Waals surface area (Å²) in [6.45, 7) is 4.27. The molecule has 1 N–H and O–H groups in total. The number of aromatic nitrogens is 2. The first-order valence-corrected chi connectivity index (χ1v) is 10.5. The minimum Gasteiger partial charge on any atom is -0.550 e. The van der Waals surface area contributed by atoms with Gasteiger partial charge in [0.05, 0.1) is 17.1 Å². The number of rotatable bonds is 6. The summed E-state index contributed by atoms with van der Waals surface area (Å²) in [5, 5.41) is 25.9. The summed E-state index contributed by atoms with van der Waals surface area (Å²) in [4.78, 5) is 32.4. The molecule has 1 aliphatic heterocycles. The van der Waals surface area contributed by atoms with Gasteiger partial charge in [-0.3, -0.25) is 0 Å². The van der Waals surface area contributed by atoms with E-state index in [2.05, 4.69) is 5.32 Å². The highest BCUT2D eigenvalue weighted by Gasteiger charge is 2.33. The smallest absolute Gasteiger partial charge is 0.148 e. The zero-order valence-corrected chi connectivity index (χ0v) is 17.9. The molecule has 2 heterocycles. The molecule has 0 aliphatic carbocycles. The first-order valence-electron chi connectivity index (χ1n) is 10.5. The van der Waals surface area contributed by atoms with Crippen molar-refractivity contribution in [2.75, 3.05) is 11.9 Å². The lowest BCUT2D eigenvalue weighted by Crippen LogP contribution is -2.38. The molecule has 7 nitrogen and oxygen atoms in total. The monoisotopic (exact) mass is 429 g/mol. The number of carbonyl (C=O) groups is 2. The maximum Gasteiger partial charge on any atom is 0.148 e. The minimum atomic E-state index is -1.26. The van der Waals surface area contributed by atoms with E-state index in [1.165, 1.54) is 0 Å². The van der Waals surface area contributed by atoms with E-state index >= 15 is 0 Å². The average Bonchev–Trinajstić information content (AvgIpc) is 2.75. The first-order chi connectivity index (χ1) is 15.3. The highest BCUT2D eigenvalue weighted by molar-refractivity contribution is 5.80. The largest absolute Gasteiger partial charge is 0.550 e. The zero-order chi connectivity index (χ0) is 22.8. The van der Waals surface area contributed by atoms with E-state index in [9.17, 15) is 19.8 Å². The highest BCUT2D eigenvalue weighted by Crippen LogP contribution is 2.40. The molecule has 0 spiro atoms. The summed E-state index contributed by atoms with van der Waals surface area (Å²) in [5.41, 5.74) is 5.68. The van der Waals surface area contributed by atoms with Gasteiger partial charge in [0.2, 0.25) is 0 Å². The van der Waals surface area contributed by atoms with Crippen molar-refractivity contribution < 1.29 is 19.8 Å². The van der Waals surface area contributed by atoms with Crippen LogP contribution in [0.15, 0.2) is 48.5 Å². The predicted octanol–water partition coefficient (Wildman–Crippen LogP) is 1.83. The summed E-state index contributed by atoms with van der Waals surface area (Å²) in [5.74, 6) is -3.15. The Hall–Kier alpha value is -3.74. The summed E-state index contributed by atoms with van der Waals surface area (Å²) < 4.78 is 0. The van der Waals surface area contributed by atoms with E-state index in [1.54, 1.807) is 0 Å². The lowest BCUT2D eigenvalue weighted by atomic mass is 9.81. The van der Waals surface area contributed by atoms with Gasteiger partial charge in [-0.1, -0.05) is 59.7 Å². The lowest BCUT2D eigenvalue weighted by molar-refractivity contribution is -0.310. The quantitative estimate of drug-likeness (QED) is 0.635. The van der Waals surface area contributed by atoms with Crippen LogP contribution in [0.5, 0.6) is 0 Å². The number of hydrogen-bond donors (Lipinski definition) is 1. The Balaban J connectivity index is 1.90. The van der Waals surface area contributed by atoms with E-state index in [0.29, 0.717) is 22.9 Å². The Morgan fingerprint density at radius 3 is 1.84 bits per heavy atom. The maximum atomic E-state index is 11.5. The molecule has 4 rings (SSSR count). The van der Waals surface area contributed by atoms with Crippen LogP contribution in [0.2, 0.25) is 0 Å². The minimum absolute atomic E-state index is 0.269. The number of fused-ring (bicyclic) bond motifs is 1. The lowest BCUT2D eigenvalue weighted by Gasteiger charge is -2.34. The van der Waals surface area contributed by atoms with Gasteiger partial charge in [0.25, 0.3) is 0 Å². The van der Waals surface area contributed by atoms with Gasteiger partial charge in [0.15, 0.2) is 0 Å². The van der Waals surface area contributed by atoms with Gasteiger partial charge in [-0.25, -0.2) is 9.97 Å². The molecule has 2 aromatic carbocycles. The van der Waals surface area contributed by atoms with Crippen LogP contribution < -0.4 is 15.5 Å². The van der Waals surface area contributed by atoms with Gasteiger partial charge in [-0.2, -0.15) is 0 Å². The van der Waals surface area contributed by atoms with E-state index in [1.807, 2.05) is 62.4 Å². The number of carboxylic acids is 2. The molecule has 0 bridgehead atoms. The van der Waals surface area contributed by atoms with Crippen LogP contribution in [0.4, 0.5) is 5.82 Å². The van der Waals surface area contributed by atoms with Crippen molar-refractivity contribution in [3.05, 3.63) is 65.4 Å². The molecule has 3 aromatic rings. The first kappa shape index (κ1) is 21.5. The van der Waals surface area contributed by atoms with Gasteiger partial charge in [0.1, 0.15) is 5.82 Å². The molecule has 0 amide bonds. The molecule has 7 heteroatoms. The fourth-order valence-electron chi connectivity index (χ4n) is 4.13. The molecule has 0 fully saturated rings. The highest BCUT2D eigenvalue weighted by atomic mass is 16.4. The number of nitrogens with zero attached hydrogens (tertiary/aromatic N) is 2. The second kappa shape index (κ2) is 8.78. The number of carbonyl (C=O) groups excluding carboxylic acids is 2. The summed E-state index contributed by atoms with van der Waals surface area (Å²) in [7, 11) is 0. The Labute approximate surface area is 186 Å². The van der Waals surface area contributed by atoms with Crippen molar-refractivity contribution in [1.82, 2.24) is 9.97 Å². The van der Waals surface area contributed by atoms with Crippen molar-refractivity contribution in [2.45, 2.75) is 32.6 Å². The van der Waals surface area contributed by atoms with Crippen molar-refractivity contribution in [1.29, 1.82) is 0 Å². The summed E-state index contributed by atoms with van der Waals surface area (Å²) >= 11 is 0. The SMILES string of the molecule is Cc1ccc(-c2nc3c(nc2-c2ccc(C)cc2)C(CC(=O)[O-])C(CC(=O)[O-])CN3)cc1. The average molecular weight is 429 g/mol. The normalized spacial score (nSPS) is 17.3. The van der Waals surface area contributed by atoms with E-state index in [0.717, 1.165) is 22.3 Å². The Morgan fingerprint density at radius 1 is 0.844 bits per heavy atom. The molecule has 2 unspecified atom stereocenters. The van der Waals surface area contributed by atoms with Gasteiger partial charge < -0.3 is 25.1 Å². The van der Waals surface area contributed by atoms with Crippen LogP contribution in [0.1, 0.15) is 35.6 Å². The number of anilines is 1. The number of nitrogens with one attached hydrogen (secondary N) is 1. The molecule has 2 atom stereocenters. The number of aliphatic carboxylic acids is 2. The molecule has 1 aliphatic rings. The third kappa shape index (κ3) is 4.46. The van der Waals surface area contributed by atoms with Crippen molar-refractivity contribution in [3.63, 3.8) is 0 Å². The fraction of sp³-hybridized carbons (Fsp3) is 0.280. The Bertz CT molecular complexity index is 1160. The number of hydrogen-bond acceptors (Lipinski definition) is 7. The zero-order valence-electron chi connectivity index (χ0n) is 17.9. The Morgan fingerprint density at radius 2 is 1.34 bits per heavy atom. The summed E-state index contributed by atoms with van der Waals surface area (Å²) in [6.07, 6.45) is -0.607. The third-order valence-electron chi connectivity index (χ3n) is 5.84. The van der Waals surface area contributed by atoms with Gasteiger partial charge in [-0.05, 0) is 32.6 Å². The van der Waals surface area contributed by atoms with Crippen molar-refractivity contribution >= 4 is 17.8 Å². The number of aryl methyl sites for hydroxylation is 2. The van der Waals surface area contributed by atoms with Crippen LogP contribution in [0.3, 0.4) is 0 Å². The van der Waals surface area contributed by atoms with Crippen LogP contribution in [-0.2, 0) is 9.59 Å². The van der Waals surface area contributed by atoms with Crippen LogP contribution in [0.25, 0.3) is 22.5 Å². The van der Waals surface area contributed by atoms with Gasteiger partial charge in [-0.15, -0.1) is 0 Å². The van der Waals surface area contributed by atoms with E-state index < -0.39 is 23.8 Å². The molecule has 32 heavy (non-hydrogen) atoms. The molecular weight excluding hydrogens is 406 g/mol. The van der Waals surface area contributed by atoms with Crippen LogP contribution in [0, 0.1) is 19.8 Å². The maximum absolute atomic E-state index is 11.5. The van der Waals surface area contributed by atoms with E-state index in [4.69, 9.17) is 9.97 Å². The molecule has 0 saturated carbocycles. The Kier molecular flexibility index (Phi) is 5.90. The van der Waals surface area contributed by atoms with Gasteiger partial charge in [0, 0.05) is 35.5 Å². The molecule has 0 radical (unpaired) electrons. The standard InChI is InChI=1S/C25H25N3O4/c1-14-3-7-16(8-4-14)22-23(17-9-5-15(2)6-10-17)28-25-24(27-22)19(12-21(31)32)18(13-26-25)11-20(29)30/h3-10,18-19H,11-13H2,1-2H3,(H,26,28)(H,29,30)(H,31,32)/p-2.